The first-order valence-electron chi connectivity index (χ1n) is 8.34. The number of carbonyl (C=O) groups excluding carboxylic acids is 1. The summed E-state index contributed by atoms with van der Waals surface area (Å²) in [6.45, 7) is 4.13. The summed E-state index contributed by atoms with van der Waals surface area (Å²) in [5, 5.41) is 0. The van der Waals surface area contributed by atoms with Gasteiger partial charge >= 0.3 is 0 Å². The maximum Gasteiger partial charge on any atom is 0.229 e. The lowest BCUT2D eigenvalue weighted by Crippen LogP contribution is -2.45. The second-order valence-electron chi connectivity index (χ2n) is 6.50. The van der Waals surface area contributed by atoms with E-state index in [1.807, 2.05) is 17.0 Å². The molecule has 4 rings (SSSR count). The van der Waals surface area contributed by atoms with Gasteiger partial charge in [0.25, 0.3) is 0 Å². The normalized spacial score (nSPS) is 26.4. The SMILES string of the molecule is CC1c2cccn2CCN1C(=O)C1CNNC1c1cccc(F)c1. The molecule has 1 aromatic heterocycles. The van der Waals surface area contributed by atoms with Crippen molar-refractivity contribution in [3.8, 4) is 0 Å². The van der Waals surface area contributed by atoms with Crippen LogP contribution < -0.4 is 10.9 Å². The number of benzene rings is 1. The Morgan fingerprint density at radius 2 is 2.12 bits per heavy atom. The van der Waals surface area contributed by atoms with Crippen LogP contribution in [-0.2, 0) is 11.3 Å². The number of fused-ring (bicyclic) bond motifs is 1. The molecule has 1 fully saturated rings. The third-order valence-corrected chi connectivity index (χ3v) is 5.13. The summed E-state index contributed by atoms with van der Waals surface area (Å²) in [4.78, 5) is 15.1. The van der Waals surface area contributed by atoms with E-state index in [-0.39, 0.29) is 29.7 Å². The first kappa shape index (κ1) is 15.4. The zero-order chi connectivity index (χ0) is 16.7. The summed E-state index contributed by atoms with van der Waals surface area (Å²) >= 11 is 0. The highest BCUT2D eigenvalue weighted by Gasteiger charge is 2.39. The van der Waals surface area contributed by atoms with Crippen molar-refractivity contribution in [2.45, 2.75) is 25.6 Å². The van der Waals surface area contributed by atoms with Crippen molar-refractivity contribution in [3.63, 3.8) is 0 Å². The Morgan fingerprint density at radius 3 is 2.96 bits per heavy atom. The standard InChI is InChI=1S/C18H21FN4O/c1-12-16-6-3-7-22(16)8-9-23(12)18(24)15-11-20-21-17(15)13-4-2-5-14(19)10-13/h2-7,10,12,15,17,20-21H,8-9,11H2,1H3. The number of halogens is 1. The van der Waals surface area contributed by atoms with Crippen molar-refractivity contribution in [2.24, 2.45) is 5.92 Å². The van der Waals surface area contributed by atoms with Crippen LogP contribution in [-0.4, -0.2) is 28.5 Å². The van der Waals surface area contributed by atoms with Gasteiger partial charge in [-0.3, -0.25) is 10.2 Å². The van der Waals surface area contributed by atoms with Crippen molar-refractivity contribution < 1.29 is 9.18 Å². The Bertz CT molecular complexity index is 759. The number of hydrogen-bond acceptors (Lipinski definition) is 3. The number of hydrogen-bond donors (Lipinski definition) is 2. The first-order valence-corrected chi connectivity index (χ1v) is 8.34. The molecule has 1 aromatic carbocycles. The van der Waals surface area contributed by atoms with Crippen molar-refractivity contribution in [3.05, 3.63) is 59.7 Å². The molecule has 126 valence electrons. The van der Waals surface area contributed by atoms with Gasteiger partial charge < -0.3 is 9.47 Å². The largest absolute Gasteiger partial charge is 0.348 e. The molecular formula is C18H21FN4O. The third-order valence-electron chi connectivity index (χ3n) is 5.13. The molecule has 3 heterocycles. The van der Waals surface area contributed by atoms with Crippen LogP contribution in [0.2, 0.25) is 0 Å². The smallest absolute Gasteiger partial charge is 0.229 e. The second-order valence-corrected chi connectivity index (χ2v) is 6.50. The van der Waals surface area contributed by atoms with Crippen LogP contribution in [0.5, 0.6) is 0 Å². The molecule has 1 saturated heterocycles. The minimum Gasteiger partial charge on any atom is -0.348 e. The fourth-order valence-electron chi connectivity index (χ4n) is 3.84. The summed E-state index contributed by atoms with van der Waals surface area (Å²) in [7, 11) is 0. The number of carbonyl (C=O) groups is 1. The van der Waals surface area contributed by atoms with Crippen LogP contribution in [0.4, 0.5) is 4.39 Å². The first-order chi connectivity index (χ1) is 11.6. The van der Waals surface area contributed by atoms with Crippen LogP contribution in [0.3, 0.4) is 0 Å². The molecule has 0 spiro atoms. The maximum absolute atomic E-state index is 13.5. The summed E-state index contributed by atoms with van der Waals surface area (Å²) in [6, 6.07) is 10.4. The predicted molar refractivity (Wildman–Crippen MR) is 88.3 cm³/mol. The molecule has 2 aliphatic heterocycles. The minimum absolute atomic E-state index is 0.0509. The van der Waals surface area contributed by atoms with E-state index in [0.717, 1.165) is 17.8 Å². The number of nitrogens with zero attached hydrogens (tertiary/aromatic N) is 2. The minimum atomic E-state index is -0.281. The molecular weight excluding hydrogens is 307 g/mol. The molecule has 0 bridgehead atoms. The van der Waals surface area contributed by atoms with Gasteiger partial charge in [0.15, 0.2) is 0 Å². The van der Waals surface area contributed by atoms with E-state index in [1.165, 1.54) is 12.1 Å². The average molecular weight is 328 g/mol. The van der Waals surface area contributed by atoms with E-state index >= 15 is 0 Å². The van der Waals surface area contributed by atoms with E-state index < -0.39 is 0 Å². The number of nitrogens with one attached hydrogen (secondary N) is 2. The van der Waals surface area contributed by atoms with Crippen LogP contribution >= 0.6 is 0 Å². The molecule has 3 unspecified atom stereocenters. The number of aromatic nitrogens is 1. The van der Waals surface area contributed by atoms with E-state index in [0.29, 0.717) is 13.1 Å². The third kappa shape index (κ3) is 2.52. The monoisotopic (exact) mass is 328 g/mol. The molecule has 0 aliphatic carbocycles. The Kier molecular flexibility index (Phi) is 3.86. The quantitative estimate of drug-likeness (QED) is 0.886. The molecule has 0 radical (unpaired) electrons. The lowest BCUT2D eigenvalue weighted by molar-refractivity contribution is -0.138. The van der Waals surface area contributed by atoms with Crippen LogP contribution in [0.1, 0.15) is 30.3 Å². The summed E-state index contributed by atoms with van der Waals surface area (Å²) in [5.74, 6) is -0.408. The molecule has 0 saturated carbocycles. The predicted octanol–water partition coefficient (Wildman–Crippen LogP) is 2.00. The second kappa shape index (κ2) is 6.03. The van der Waals surface area contributed by atoms with Crippen molar-refractivity contribution in [2.75, 3.05) is 13.1 Å². The van der Waals surface area contributed by atoms with E-state index in [4.69, 9.17) is 0 Å². The zero-order valence-electron chi connectivity index (χ0n) is 13.6. The Morgan fingerprint density at radius 1 is 1.25 bits per heavy atom. The average Bonchev–Trinajstić information content (AvgIpc) is 3.24. The number of hydrazine groups is 1. The van der Waals surface area contributed by atoms with Gasteiger partial charge in [0.05, 0.1) is 18.0 Å². The van der Waals surface area contributed by atoms with Crippen LogP contribution in [0, 0.1) is 11.7 Å². The van der Waals surface area contributed by atoms with Crippen molar-refractivity contribution in [1.82, 2.24) is 20.3 Å². The number of rotatable bonds is 2. The Balaban J connectivity index is 1.58. The zero-order valence-corrected chi connectivity index (χ0v) is 13.6. The highest BCUT2D eigenvalue weighted by atomic mass is 19.1. The van der Waals surface area contributed by atoms with Crippen LogP contribution in [0.15, 0.2) is 42.6 Å². The van der Waals surface area contributed by atoms with Crippen LogP contribution in [0.25, 0.3) is 0 Å². The fourth-order valence-corrected chi connectivity index (χ4v) is 3.84. The molecule has 6 heteroatoms. The fraction of sp³-hybridized carbons (Fsp3) is 0.389. The van der Waals surface area contributed by atoms with Gasteiger partial charge in [0.1, 0.15) is 5.82 Å². The van der Waals surface area contributed by atoms with Gasteiger partial charge in [-0.1, -0.05) is 12.1 Å². The Labute approximate surface area is 140 Å². The topological polar surface area (TPSA) is 49.3 Å². The van der Waals surface area contributed by atoms with Gasteiger partial charge in [0, 0.05) is 31.5 Å². The summed E-state index contributed by atoms with van der Waals surface area (Å²) in [6.07, 6.45) is 2.06. The highest BCUT2D eigenvalue weighted by molar-refractivity contribution is 5.81. The van der Waals surface area contributed by atoms with Gasteiger partial charge in [-0.2, -0.15) is 0 Å². The van der Waals surface area contributed by atoms with Gasteiger partial charge in [-0.25, -0.2) is 9.82 Å². The van der Waals surface area contributed by atoms with E-state index in [9.17, 15) is 9.18 Å². The molecule has 1 amide bonds. The Hall–Kier alpha value is -2.18. The van der Waals surface area contributed by atoms with Gasteiger partial charge in [0.2, 0.25) is 5.91 Å². The van der Waals surface area contributed by atoms with Gasteiger partial charge in [-0.15, -0.1) is 0 Å². The highest BCUT2D eigenvalue weighted by Crippen LogP contribution is 2.32. The molecule has 5 nitrogen and oxygen atoms in total. The molecule has 24 heavy (non-hydrogen) atoms. The van der Waals surface area contributed by atoms with Gasteiger partial charge in [-0.05, 0) is 36.8 Å². The maximum atomic E-state index is 13.5. The lowest BCUT2D eigenvalue weighted by atomic mass is 9.92. The van der Waals surface area contributed by atoms with Crippen molar-refractivity contribution in [1.29, 1.82) is 0 Å². The molecule has 2 aromatic rings. The van der Waals surface area contributed by atoms with E-state index in [1.54, 1.807) is 6.07 Å². The molecule has 3 atom stereocenters. The molecule has 2 N–H and O–H groups in total. The summed E-state index contributed by atoms with van der Waals surface area (Å²) < 4.78 is 15.7. The van der Waals surface area contributed by atoms with E-state index in [2.05, 4.69) is 34.6 Å². The van der Waals surface area contributed by atoms with Crippen molar-refractivity contribution >= 4 is 5.91 Å². The summed E-state index contributed by atoms with van der Waals surface area (Å²) in [5.41, 5.74) is 8.15. The lowest BCUT2D eigenvalue weighted by Gasteiger charge is -2.37. The molecule has 2 aliphatic rings. The number of amides is 1.